The molecule has 7 heteroatoms. The molecule has 32 heavy (non-hydrogen) atoms. The average Bonchev–Trinajstić information content (AvgIpc) is 3.59. The highest BCUT2D eigenvalue weighted by molar-refractivity contribution is 6.07. The van der Waals surface area contributed by atoms with Gasteiger partial charge in [0.15, 0.2) is 5.76 Å². The molecular formula is C25H23N3O4. The summed E-state index contributed by atoms with van der Waals surface area (Å²) >= 11 is 0. The molecule has 3 amide bonds. The fourth-order valence-corrected chi connectivity index (χ4v) is 4.45. The number of carbonyl (C=O) groups excluding carboxylic acids is 3. The lowest BCUT2D eigenvalue weighted by Crippen LogP contribution is -2.43. The van der Waals surface area contributed by atoms with E-state index in [9.17, 15) is 14.4 Å². The summed E-state index contributed by atoms with van der Waals surface area (Å²) in [4.78, 5) is 41.8. The highest BCUT2D eigenvalue weighted by atomic mass is 16.3. The van der Waals surface area contributed by atoms with Crippen molar-refractivity contribution in [2.75, 3.05) is 23.3 Å². The van der Waals surface area contributed by atoms with E-state index in [0.29, 0.717) is 30.8 Å². The van der Waals surface area contributed by atoms with Crippen LogP contribution < -0.4 is 10.2 Å². The highest BCUT2D eigenvalue weighted by Gasteiger charge is 2.35. The number of hydrogen-bond donors (Lipinski definition) is 1. The normalized spacial score (nSPS) is 17.3. The highest BCUT2D eigenvalue weighted by Crippen LogP contribution is 2.29. The minimum absolute atomic E-state index is 0.0566. The van der Waals surface area contributed by atoms with Crippen LogP contribution in [0.15, 0.2) is 71.3 Å². The Morgan fingerprint density at radius 3 is 2.50 bits per heavy atom. The third-order valence-corrected chi connectivity index (χ3v) is 6.08. The van der Waals surface area contributed by atoms with Crippen LogP contribution in [0.3, 0.4) is 0 Å². The number of hydrogen-bond acceptors (Lipinski definition) is 4. The molecule has 7 nitrogen and oxygen atoms in total. The van der Waals surface area contributed by atoms with Crippen molar-refractivity contribution in [1.82, 2.24) is 4.90 Å². The Morgan fingerprint density at radius 1 is 0.906 bits per heavy atom. The van der Waals surface area contributed by atoms with Gasteiger partial charge in [0.2, 0.25) is 5.91 Å². The van der Waals surface area contributed by atoms with Crippen molar-refractivity contribution in [1.29, 1.82) is 0 Å². The number of para-hydroxylation sites is 1. The maximum atomic E-state index is 13.0. The van der Waals surface area contributed by atoms with Gasteiger partial charge in [-0.05, 0) is 67.3 Å². The third kappa shape index (κ3) is 3.66. The zero-order valence-corrected chi connectivity index (χ0v) is 17.5. The molecule has 162 valence electrons. The van der Waals surface area contributed by atoms with Gasteiger partial charge >= 0.3 is 0 Å². The number of amides is 3. The Kier molecular flexibility index (Phi) is 5.23. The average molecular weight is 429 g/mol. The van der Waals surface area contributed by atoms with E-state index in [-0.39, 0.29) is 23.5 Å². The lowest BCUT2D eigenvalue weighted by molar-refractivity contribution is -0.119. The zero-order chi connectivity index (χ0) is 22.1. The van der Waals surface area contributed by atoms with Gasteiger partial charge in [-0.15, -0.1) is 0 Å². The molecule has 5 rings (SSSR count). The molecule has 1 atom stereocenters. The smallest absolute Gasteiger partial charge is 0.290 e. The van der Waals surface area contributed by atoms with Crippen LogP contribution >= 0.6 is 0 Å². The molecule has 0 unspecified atom stereocenters. The number of likely N-dealkylation sites (tertiary alicyclic amines) is 1. The van der Waals surface area contributed by atoms with Crippen LogP contribution in [0.1, 0.15) is 39.3 Å². The monoisotopic (exact) mass is 429 g/mol. The van der Waals surface area contributed by atoms with Gasteiger partial charge in [-0.2, -0.15) is 0 Å². The molecule has 0 radical (unpaired) electrons. The number of nitrogens with zero attached hydrogens (tertiary/aromatic N) is 2. The minimum Gasteiger partial charge on any atom is -0.459 e. The second-order valence-electron chi connectivity index (χ2n) is 8.04. The zero-order valence-electron chi connectivity index (χ0n) is 17.5. The summed E-state index contributed by atoms with van der Waals surface area (Å²) in [7, 11) is 0. The van der Waals surface area contributed by atoms with Crippen LogP contribution in [0.4, 0.5) is 11.4 Å². The third-order valence-electron chi connectivity index (χ3n) is 6.08. The van der Waals surface area contributed by atoms with Gasteiger partial charge in [-0.1, -0.05) is 18.2 Å². The maximum Gasteiger partial charge on any atom is 0.290 e. The predicted molar refractivity (Wildman–Crippen MR) is 120 cm³/mol. The molecule has 0 spiro atoms. The van der Waals surface area contributed by atoms with E-state index in [1.54, 1.807) is 46.2 Å². The van der Waals surface area contributed by atoms with E-state index in [0.717, 1.165) is 18.5 Å². The molecule has 1 aromatic heterocycles. The van der Waals surface area contributed by atoms with Crippen molar-refractivity contribution in [3.63, 3.8) is 0 Å². The Labute approximate surface area is 185 Å². The van der Waals surface area contributed by atoms with Gasteiger partial charge in [0, 0.05) is 30.0 Å². The Balaban J connectivity index is 1.25. The Morgan fingerprint density at radius 2 is 1.72 bits per heavy atom. The summed E-state index contributed by atoms with van der Waals surface area (Å²) in [6.07, 6.45) is 3.66. The number of rotatable bonds is 4. The van der Waals surface area contributed by atoms with Gasteiger partial charge in [-0.25, -0.2) is 0 Å². The SMILES string of the molecule is O=C(Nc1ccc(C(=O)N2CCc3ccccc32)cc1)[C@@H]1CCCN1C(=O)c1ccco1. The number of furan rings is 1. The van der Waals surface area contributed by atoms with E-state index < -0.39 is 6.04 Å². The Hall–Kier alpha value is -3.87. The van der Waals surface area contributed by atoms with Gasteiger partial charge in [0.05, 0.1) is 6.26 Å². The fourth-order valence-electron chi connectivity index (χ4n) is 4.45. The first-order valence-electron chi connectivity index (χ1n) is 10.8. The minimum atomic E-state index is -0.546. The van der Waals surface area contributed by atoms with Crippen LogP contribution in [0.25, 0.3) is 0 Å². The van der Waals surface area contributed by atoms with Gasteiger partial charge in [-0.3, -0.25) is 14.4 Å². The summed E-state index contributed by atoms with van der Waals surface area (Å²) < 4.78 is 5.19. The number of benzene rings is 2. The van der Waals surface area contributed by atoms with Crippen LogP contribution in [0.5, 0.6) is 0 Å². The fraction of sp³-hybridized carbons (Fsp3) is 0.240. The van der Waals surface area contributed by atoms with Gasteiger partial charge in [0.1, 0.15) is 6.04 Å². The number of anilines is 2. The van der Waals surface area contributed by atoms with E-state index >= 15 is 0 Å². The van der Waals surface area contributed by atoms with Gasteiger partial charge < -0.3 is 19.5 Å². The molecule has 0 saturated carbocycles. The summed E-state index contributed by atoms with van der Waals surface area (Å²) in [5.74, 6) is -0.343. The van der Waals surface area contributed by atoms with Crippen molar-refractivity contribution in [2.24, 2.45) is 0 Å². The van der Waals surface area contributed by atoms with Crippen molar-refractivity contribution >= 4 is 29.1 Å². The largest absolute Gasteiger partial charge is 0.459 e. The molecule has 1 saturated heterocycles. The quantitative estimate of drug-likeness (QED) is 0.685. The van der Waals surface area contributed by atoms with Crippen LogP contribution in [-0.4, -0.2) is 41.8 Å². The Bertz CT molecular complexity index is 1150. The lowest BCUT2D eigenvalue weighted by atomic mass is 10.1. The molecule has 0 bridgehead atoms. The molecule has 3 heterocycles. The maximum absolute atomic E-state index is 13.0. The second-order valence-corrected chi connectivity index (χ2v) is 8.04. The molecule has 3 aromatic rings. The van der Waals surface area contributed by atoms with Gasteiger partial charge in [0.25, 0.3) is 11.8 Å². The first kappa shape index (κ1) is 20.1. The number of fused-ring (bicyclic) bond motifs is 1. The van der Waals surface area contributed by atoms with E-state index in [1.807, 2.05) is 24.3 Å². The molecule has 2 aliphatic heterocycles. The van der Waals surface area contributed by atoms with Crippen molar-refractivity contribution in [3.05, 3.63) is 83.8 Å². The number of carbonyl (C=O) groups is 3. The first-order chi connectivity index (χ1) is 15.6. The molecule has 1 N–H and O–H groups in total. The second kappa shape index (κ2) is 8.34. The van der Waals surface area contributed by atoms with Crippen LogP contribution in [0, 0.1) is 0 Å². The summed E-state index contributed by atoms with van der Waals surface area (Å²) in [6.45, 7) is 1.18. The standard InChI is InChI=1S/C25H23N3O4/c29-23(21-7-3-14-27(21)25(31)22-8-4-16-32-22)26-19-11-9-18(10-12-19)24(30)28-15-13-17-5-1-2-6-20(17)28/h1-2,4-6,8-12,16,21H,3,7,13-15H2,(H,26,29)/t21-/m0/s1. The van der Waals surface area contributed by atoms with Crippen molar-refractivity contribution in [3.8, 4) is 0 Å². The molecule has 2 aliphatic rings. The van der Waals surface area contributed by atoms with Crippen molar-refractivity contribution in [2.45, 2.75) is 25.3 Å². The summed E-state index contributed by atoms with van der Waals surface area (Å²) in [6, 6.07) is 17.5. The van der Waals surface area contributed by atoms with E-state index in [4.69, 9.17) is 4.42 Å². The molecule has 1 fully saturated rings. The predicted octanol–water partition coefficient (Wildman–Crippen LogP) is 3.73. The first-order valence-corrected chi connectivity index (χ1v) is 10.8. The topological polar surface area (TPSA) is 82.9 Å². The summed E-state index contributed by atoms with van der Waals surface area (Å²) in [5, 5.41) is 2.88. The van der Waals surface area contributed by atoms with Crippen LogP contribution in [-0.2, 0) is 11.2 Å². The van der Waals surface area contributed by atoms with Crippen LogP contribution in [0.2, 0.25) is 0 Å². The van der Waals surface area contributed by atoms with E-state index in [1.165, 1.54) is 11.8 Å². The van der Waals surface area contributed by atoms with Crippen molar-refractivity contribution < 1.29 is 18.8 Å². The molecule has 0 aliphatic carbocycles. The number of nitrogens with one attached hydrogen (secondary N) is 1. The lowest BCUT2D eigenvalue weighted by Gasteiger charge is -2.23. The molecule has 2 aromatic carbocycles. The van der Waals surface area contributed by atoms with E-state index in [2.05, 4.69) is 5.32 Å². The molecular weight excluding hydrogens is 406 g/mol. The summed E-state index contributed by atoms with van der Waals surface area (Å²) in [5.41, 5.74) is 3.29.